The van der Waals surface area contributed by atoms with Crippen LogP contribution in [0.15, 0.2) is 17.8 Å². The normalized spacial score (nSPS) is 28.9. The maximum Gasteiger partial charge on any atom is 0.177 e. The molecule has 0 unspecified atom stereocenters. The molecule has 2 aromatic rings. The number of aromatic nitrogens is 4. The van der Waals surface area contributed by atoms with Gasteiger partial charge >= 0.3 is 0 Å². The fourth-order valence-corrected chi connectivity index (χ4v) is 2.30. The second-order valence-electron chi connectivity index (χ2n) is 4.55. The van der Waals surface area contributed by atoms with Gasteiger partial charge in [-0.1, -0.05) is 0 Å². The van der Waals surface area contributed by atoms with Crippen molar-refractivity contribution in [1.82, 2.24) is 19.5 Å². The molecule has 21 heavy (non-hydrogen) atoms. The zero-order chi connectivity index (χ0) is 15.0. The van der Waals surface area contributed by atoms with Crippen molar-refractivity contribution < 1.29 is 20.1 Å². The standard InChI is InChI=1S/C11H14N6O4/c1-12-16-9-6-10(14-3-13-9)17(4-15-6)11-8(20)7(19)5(2-18)21-11/h3-5,7-8,11,18-20H,1-2H2,(H,13,14,16)/t5-,7-,8-,11-/m1/s1. The minimum absolute atomic E-state index is 0.362. The summed E-state index contributed by atoms with van der Waals surface area (Å²) < 4.78 is 6.91. The Bertz CT molecular complexity index is 661. The number of aliphatic hydroxyl groups is 3. The number of fused-ring (bicyclic) bond motifs is 1. The largest absolute Gasteiger partial charge is 0.394 e. The van der Waals surface area contributed by atoms with Gasteiger partial charge in [0.25, 0.3) is 0 Å². The molecule has 1 fully saturated rings. The van der Waals surface area contributed by atoms with Gasteiger partial charge in [-0.2, -0.15) is 5.10 Å². The van der Waals surface area contributed by atoms with Crippen LogP contribution in [0.25, 0.3) is 11.2 Å². The van der Waals surface area contributed by atoms with Crippen molar-refractivity contribution in [1.29, 1.82) is 0 Å². The Labute approximate surface area is 118 Å². The predicted octanol–water partition coefficient (Wildman–Crippen LogP) is -1.53. The van der Waals surface area contributed by atoms with Gasteiger partial charge in [0.15, 0.2) is 23.2 Å². The lowest BCUT2D eigenvalue weighted by molar-refractivity contribution is -0.0511. The molecule has 3 rings (SSSR count). The number of imidazole rings is 1. The highest BCUT2D eigenvalue weighted by Gasteiger charge is 2.43. The van der Waals surface area contributed by atoms with Gasteiger partial charge in [0, 0.05) is 6.72 Å². The molecule has 0 radical (unpaired) electrons. The second kappa shape index (κ2) is 5.33. The molecule has 0 saturated carbocycles. The van der Waals surface area contributed by atoms with Crippen LogP contribution in [-0.4, -0.2) is 66.5 Å². The minimum atomic E-state index is -1.21. The van der Waals surface area contributed by atoms with Crippen molar-refractivity contribution in [3.05, 3.63) is 12.7 Å². The molecule has 1 aliphatic heterocycles. The van der Waals surface area contributed by atoms with Gasteiger partial charge in [0.1, 0.15) is 24.6 Å². The number of nitrogens with zero attached hydrogens (tertiary/aromatic N) is 5. The lowest BCUT2D eigenvalue weighted by Gasteiger charge is -2.16. The number of ether oxygens (including phenoxy) is 1. The Morgan fingerprint density at radius 1 is 1.33 bits per heavy atom. The van der Waals surface area contributed by atoms with Crippen molar-refractivity contribution in [3.63, 3.8) is 0 Å². The van der Waals surface area contributed by atoms with Crippen LogP contribution in [0, 0.1) is 0 Å². The van der Waals surface area contributed by atoms with Gasteiger partial charge in [-0.3, -0.25) is 9.99 Å². The molecule has 4 N–H and O–H groups in total. The minimum Gasteiger partial charge on any atom is -0.394 e. The number of rotatable bonds is 4. The molecule has 10 heteroatoms. The molecule has 3 heterocycles. The van der Waals surface area contributed by atoms with E-state index in [0.717, 1.165) is 0 Å². The number of aliphatic hydroxyl groups excluding tert-OH is 3. The zero-order valence-corrected chi connectivity index (χ0v) is 10.9. The summed E-state index contributed by atoms with van der Waals surface area (Å²) in [5, 5.41) is 32.5. The highest BCUT2D eigenvalue weighted by molar-refractivity contribution is 5.82. The Kier molecular flexibility index (Phi) is 3.51. The molecule has 4 atom stereocenters. The highest BCUT2D eigenvalue weighted by atomic mass is 16.6. The van der Waals surface area contributed by atoms with E-state index in [1.165, 1.54) is 17.2 Å². The van der Waals surface area contributed by atoms with E-state index in [2.05, 4.69) is 32.2 Å². The average Bonchev–Trinajstić information content (AvgIpc) is 3.03. The van der Waals surface area contributed by atoms with Crippen molar-refractivity contribution in [2.75, 3.05) is 12.0 Å². The number of hydrogen-bond donors (Lipinski definition) is 4. The Balaban J connectivity index is 2.02. The summed E-state index contributed by atoms with van der Waals surface area (Å²) in [6, 6.07) is 0. The fourth-order valence-electron chi connectivity index (χ4n) is 2.30. The van der Waals surface area contributed by atoms with E-state index in [9.17, 15) is 10.2 Å². The van der Waals surface area contributed by atoms with Gasteiger partial charge < -0.3 is 20.1 Å². The van der Waals surface area contributed by atoms with Gasteiger partial charge in [0.05, 0.1) is 12.9 Å². The van der Waals surface area contributed by atoms with Crippen LogP contribution in [0.2, 0.25) is 0 Å². The molecular weight excluding hydrogens is 280 g/mol. The monoisotopic (exact) mass is 294 g/mol. The second-order valence-corrected chi connectivity index (χ2v) is 4.55. The summed E-state index contributed by atoms with van der Waals surface area (Å²) in [4.78, 5) is 12.2. The third-order valence-corrected chi connectivity index (χ3v) is 3.34. The molecule has 1 saturated heterocycles. The van der Waals surface area contributed by atoms with E-state index >= 15 is 0 Å². The summed E-state index contributed by atoms with van der Waals surface area (Å²) >= 11 is 0. The smallest absolute Gasteiger partial charge is 0.177 e. The number of nitrogens with one attached hydrogen (secondary N) is 1. The summed E-state index contributed by atoms with van der Waals surface area (Å²) in [5.74, 6) is 0.362. The van der Waals surface area contributed by atoms with Crippen molar-refractivity contribution in [3.8, 4) is 0 Å². The van der Waals surface area contributed by atoms with Crippen molar-refractivity contribution in [2.24, 2.45) is 5.10 Å². The van der Waals surface area contributed by atoms with E-state index in [0.29, 0.717) is 17.0 Å². The van der Waals surface area contributed by atoms with Crippen molar-refractivity contribution >= 4 is 23.7 Å². The lowest BCUT2D eigenvalue weighted by Crippen LogP contribution is -2.33. The van der Waals surface area contributed by atoms with Gasteiger partial charge in [-0.15, -0.1) is 0 Å². The summed E-state index contributed by atoms with van der Waals surface area (Å²) in [6.07, 6.45) is -1.45. The quantitative estimate of drug-likeness (QED) is 0.393. The van der Waals surface area contributed by atoms with E-state index in [-0.39, 0.29) is 0 Å². The maximum atomic E-state index is 10.0. The predicted molar refractivity (Wildman–Crippen MR) is 71.5 cm³/mol. The third-order valence-electron chi connectivity index (χ3n) is 3.34. The Morgan fingerprint density at radius 2 is 2.14 bits per heavy atom. The van der Waals surface area contributed by atoms with Crippen LogP contribution < -0.4 is 5.43 Å². The van der Waals surface area contributed by atoms with Crippen LogP contribution in [0.5, 0.6) is 0 Å². The maximum absolute atomic E-state index is 10.0. The van der Waals surface area contributed by atoms with Crippen molar-refractivity contribution in [2.45, 2.75) is 24.5 Å². The van der Waals surface area contributed by atoms with Crippen LogP contribution in [0.4, 0.5) is 5.82 Å². The van der Waals surface area contributed by atoms with Crippen LogP contribution >= 0.6 is 0 Å². The highest BCUT2D eigenvalue weighted by Crippen LogP contribution is 2.31. The van der Waals surface area contributed by atoms with Gasteiger partial charge in [-0.25, -0.2) is 15.0 Å². The molecule has 1 aliphatic rings. The Morgan fingerprint density at radius 3 is 2.81 bits per heavy atom. The summed E-state index contributed by atoms with van der Waals surface area (Å²) in [7, 11) is 0. The fraction of sp³-hybridized carbons (Fsp3) is 0.455. The van der Waals surface area contributed by atoms with E-state index < -0.39 is 31.1 Å². The molecule has 0 aliphatic carbocycles. The number of anilines is 1. The van der Waals surface area contributed by atoms with E-state index in [1.54, 1.807) is 0 Å². The van der Waals surface area contributed by atoms with Gasteiger partial charge in [0.2, 0.25) is 0 Å². The zero-order valence-electron chi connectivity index (χ0n) is 10.9. The first-order chi connectivity index (χ1) is 10.2. The SMILES string of the molecule is C=NNc1ncnc2c1ncn2[C@@H]1O[C@H](CO)[C@@H](O)[C@H]1O. The first-order valence-electron chi connectivity index (χ1n) is 6.19. The topological polar surface area (TPSA) is 138 Å². The van der Waals surface area contributed by atoms with Gasteiger partial charge in [-0.05, 0) is 0 Å². The van der Waals surface area contributed by atoms with Crippen LogP contribution in [-0.2, 0) is 4.74 Å². The summed E-state index contributed by atoms with van der Waals surface area (Å²) in [6.45, 7) is 2.91. The number of hydrazone groups is 1. The lowest BCUT2D eigenvalue weighted by atomic mass is 10.1. The average molecular weight is 294 g/mol. The van der Waals surface area contributed by atoms with E-state index in [1.807, 2.05) is 0 Å². The first-order valence-corrected chi connectivity index (χ1v) is 6.19. The summed E-state index contributed by atoms with van der Waals surface area (Å²) in [5.41, 5.74) is 3.40. The third kappa shape index (κ3) is 2.14. The number of hydrogen-bond acceptors (Lipinski definition) is 9. The van der Waals surface area contributed by atoms with E-state index in [4.69, 9.17) is 9.84 Å². The molecule has 112 valence electrons. The molecule has 0 amide bonds. The molecule has 0 bridgehead atoms. The first kappa shape index (κ1) is 13.8. The molecular formula is C11H14N6O4. The molecule has 2 aromatic heterocycles. The molecule has 10 nitrogen and oxygen atoms in total. The molecule has 0 spiro atoms. The van der Waals surface area contributed by atoms with Crippen LogP contribution in [0.3, 0.4) is 0 Å². The van der Waals surface area contributed by atoms with Crippen LogP contribution in [0.1, 0.15) is 6.23 Å². The Hall–Kier alpha value is -2.14. The molecule has 0 aromatic carbocycles.